The van der Waals surface area contributed by atoms with Crippen molar-refractivity contribution in [3.8, 4) is 0 Å². The van der Waals surface area contributed by atoms with Crippen molar-refractivity contribution >= 4 is 5.97 Å². The third-order valence-corrected chi connectivity index (χ3v) is 3.23. The number of nitrogens with zero attached hydrogens (tertiary/aromatic N) is 1. The summed E-state index contributed by atoms with van der Waals surface area (Å²) < 4.78 is 18.5. The number of hydrogen-bond acceptors (Lipinski definition) is 3. The van der Waals surface area contributed by atoms with Crippen LogP contribution in [0, 0.1) is 5.82 Å². The molecule has 0 aromatic heterocycles. The maximum absolute atomic E-state index is 13.1. The van der Waals surface area contributed by atoms with E-state index in [0.717, 1.165) is 6.54 Å². The minimum absolute atomic E-state index is 0.234. The number of benzene rings is 2. The molecule has 0 aliphatic rings. The molecular formula is C18H20FNO2. The molecule has 116 valence electrons. The van der Waals surface area contributed by atoms with Gasteiger partial charge in [0.05, 0.1) is 5.56 Å². The summed E-state index contributed by atoms with van der Waals surface area (Å²) in [5, 5.41) is 0. The lowest BCUT2D eigenvalue weighted by Crippen LogP contribution is -2.30. The lowest BCUT2D eigenvalue weighted by molar-refractivity contribution is 0.0267. The summed E-state index contributed by atoms with van der Waals surface area (Å²) in [5.74, 6) is -0.941. The van der Waals surface area contributed by atoms with Gasteiger partial charge < -0.3 is 4.74 Å². The summed E-state index contributed by atoms with van der Waals surface area (Å²) >= 11 is 0. The van der Waals surface area contributed by atoms with Crippen LogP contribution in [0.4, 0.5) is 4.39 Å². The van der Waals surface area contributed by atoms with Gasteiger partial charge in [-0.2, -0.15) is 0 Å². The third-order valence-electron chi connectivity index (χ3n) is 3.23. The fraction of sp³-hybridized carbons (Fsp3) is 0.278. The van der Waals surface area contributed by atoms with Crippen LogP contribution in [0.3, 0.4) is 0 Å². The Kier molecular flexibility index (Phi) is 5.67. The van der Waals surface area contributed by atoms with E-state index in [0.29, 0.717) is 6.54 Å². The summed E-state index contributed by atoms with van der Waals surface area (Å²) in [5.41, 5.74) is 1.44. The van der Waals surface area contributed by atoms with Gasteiger partial charge in [0.15, 0.2) is 0 Å². The van der Waals surface area contributed by atoms with Crippen molar-refractivity contribution in [2.24, 2.45) is 0 Å². The van der Waals surface area contributed by atoms with Crippen LogP contribution in [0.15, 0.2) is 54.6 Å². The van der Waals surface area contributed by atoms with Crippen molar-refractivity contribution in [1.82, 2.24) is 4.90 Å². The first-order valence-corrected chi connectivity index (χ1v) is 7.23. The highest BCUT2D eigenvalue weighted by Crippen LogP contribution is 2.09. The molecule has 2 aromatic carbocycles. The van der Waals surface area contributed by atoms with Gasteiger partial charge in [0.2, 0.25) is 0 Å². The van der Waals surface area contributed by atoms with Crippen LogP contribution in [-0.2, 0) is 11.3 Å². The van der Waals surface area contributed by atoms with E-state index in [1.54, 1.807) is 6.07 Å². The molecule has 0 radical (unpaired) electrons. The van der Waals surface area contributed by atoms with E-state index in [9.17, 15) is 9.18 Å². The van der Waals surface area contributed by atoms with Crippen molar-refractivity contribution in [2.45, 2.75) is 19.6 Å². The summed E-state index contributed by atoms with van der Waals surface area (Å²) in [6.07, 6.45) is -0.274. The molecule has 0 bridgehead atoms. The molecule has 2 rings (SSSR count). The Hall–Kier alpha value is -2.20. The second-order valence-electron chi connectivity index (χ2n) is 5.41. The van der Waals surface area contributed by atoms with E-state index in [2.05, 4.69) is 17.0 Å². The molecule has 22 heavy (non-hydrogen) atoms. The van der Waals surface area contributed by atoms with E-state index in [1.165, 1.54) is 23.8 Å². The van der Waals surface area contributed by atoms with E-state index >= 15 is 0 Å². The van der Waals surface area contributed by atoms with E-state index in [-0.39, 0.29) is 11.7 Å². The molecule has 0 aliphatic carbocycles. The SMILES string of the molecule is C[C@H](CN(C)Cc1ccccc1)OC(=O)c1cccc(F)c1. The number of esters is 1. The zero-order valence-corrected chi connectivity index (χ0v) is 12.8. The average molecular weight is 301 g/mol. The molecule has 0 heterocycles. The number of carbonyl (C=O) groups excluding carboxylic acids is 1. The van der Waals surface area contributed by atoms with Gasteiger partial charge in [0, 0.05) is 13.1 Å². The molecule has 2 aromatic rings. The highest BCUT2D eigenvalue weighted by molar-refractivity contribution is 5.89. The summed E-state index contributed by atoms with van der Waals surface area (Å²) in [6, 6.07) is 15.6. The predicted molar refractivity (Wildman–Crippen MR) is 84.1 cm³/mol. The predicted octanol–water partition coefficient (Wildman–Crippen LogP) is 3.50. The topological polar surface area (TPSA) is 29.5 Å². The maximum atomic E-state index is 13.1. The molecule has 0 fully saturated rings. The van der Waals surface area contributed by atoms with E-state index in [4.69, 9.17) is 4.74 Å². The van der Waals surface area contributed by atoms with Gasteiger partial charge >= 0.3 is 5.97 Å². The van der Waals surface area contributed by atoms with Gasteiger partial charge in [-0.05, 0) is 37.7 Å². The molecule has 0 unspecified atom stereocenters. The normalized spacial score (nSPS) is 12.2. The number of carbonyl (C=O) groups is 1. The first-order chi connectivity index (χ1) is 10.5. The van der Waals surface area contributed by atoms with Crippen molar-refractivity contribution in [2.75, 3.05) is 13.6 Å². The van der Waals surface area contributed by atoms with Crippen LogP contribution >= 0.6 is 0 Å². The van der Waals surface area contributed by atoms with Gasteiger partial charge in [-0.3, -0.25) is 4.90 Å². The fourth-order valence-electron chi connectivity index (χ4n) is 2.30. The van der Waals surface area contributed by atoms with Crippen LogP contribution in [0.2, 0.25) is 0 Å². The first kappa shape index (κ1) is 16.2. The third kappa shape index (κ3) is 4.97. The number of rotatable bonds is 6. The van der Waals surface area contributed by atoms with Crippen molar-refractivity contribution in [3.05, 3.63) is 71.5 Å². The monoisotopic (exact) mass is 301 g/mol. The summed E-state index contributed by atoms with van der Waals surface area (Å²) in [7, 11) is 1.97. The zero-order chi connectivity index (χ0) is 15.9. The molecule has 4 heteroatoms. The standard InChI is InChI=1S/C18H20FNO2/c1-14(12-20(2)13-15-7-4-3-5-8-15)22-18(21)16-9-6-10-17(19)11-16/h3-11,14H,12-13H2,1-2H3/t14-/m1/s1. The van der Waals surface area contributed by atoms with Crippen molar-refractivity contribution < 1.29 is 13.9 Å². The molecule has 0 aliphatic heterocycles. The van der Waals surface area contributed by atoms with Gasteiger partial charge in [0.25, 0.3) is 0 Å². The minimum Gasteiger partial charge on any atom is -0.458 e. The second-order valence-corrected chi connectivity index (χ2v) is 5.41. The average Bonchev–Trinajstić information content (AvgIpc) is 2.47. The highest BCUT2D eigenvalue weighted by Gasteiger charge is 2.14. The lowest BCUT2D eigenvalue weighted by Gasteiger charge is -2.21. The second kappa shape index (κ2) is 7.71. The van der Waals surface area contributed by atoms with Crippen LogP contribution in [-0.4, -0.2) is 30.6 Å². The van der Waals surface area contributed by atoms with E-state index < -0.39 is 11.8 Å². The Morgan fingerprint density at radius 3 is 2.59 bits per heavy atom. The smallest absolute Gasteiger partial charge is 0.338 e. The van der Waals surface area contributed by atoms with Gasteiger partial charge in [0.1, 0.15) is 11.9 Å². The fourth-order valence-corrected chi connectivity index (χ4v) is 2.30. The van der Waals surface area contributed by atoms with Crippen LogP contribution in [0.25, 0.3) is 0 Å². The van der Waals surface area contributed by atoms with Gasteiger partial charge in [-0.25, -0.2) is 9.18 Å². The van der Waals surface area contributed by atoms with Crippen LogP contribution < -0.4 is 0 Å². The van der Waals surface area contributed by atoms with Gasteiger partial charge in [-0.15, -0.1) is 0 Å². The molecule has 1 atom stereocenters. The Morgan fingerprint density at radius 2 is 1.91 bits per heavy atom. The Labute approximate surface area is 130 Å². The summed E-state index contributed by atoms with van der Waals surface area (Å²) in [4.78, 5) is 14.0. The lowest BCUT2D eigenvalue weighted by atomic mass is 10.2. The first-order valence-electron chi connectivity index (χ1n) is 7.23. The summed E-state index contributed by atoms with van der Waals surface area (Å²) in [6.45, 7) is 3.22. The van der Waals surface area contributed by atoms with E-state index in [1.807, 2.05) is 32.2 Å². The van der Waals surface area contributed by atoms with Crippen molar-refractivity contribution in [3.63, 3.8) is 0 Å². The Balaban J connectivity index is 1.84. The quantitative estimate of drug-likeness (QED) is 0.765. The molecule has 0 N–H and O–H groups in total. The Bertz CT molecular complexity index is 615. The van der Waals surface area contributed by atoms with Crippen molar-refractivity contribution in [1.29, 1.82) is 0 Å². The number of halogens is 1. The van der Waals surface area contributed by atoms with Gasteiger partial charge in [-0.1, -0.05) is 36.4 Å². The number of likely N-dealkylation sites (N-methyl/N-ethyl adjacent to an activating group) is 1. The maximum Gasteiger partial charge on any atom is 0.338 e. The molecule has 0 amide bonds. The molecule has 3 nitrogen and oxygen atoms in total. The highest BCUT2D eigenvalue weighted by atomic mass is 19.1. The van der Waals surface area contributed by atoms with Crippen LogP contribution in [0.5, 0.6) is 0 Å². The molecule has 0 saturated carbocycles. The Morgan fingerprint density at radius 1 is 1.18 bits per heavy atom. The van der Waals surface area contributed by atoms with Crippen LogP contribution in [0.1, 0.15) is 22.8 Å². The molecule has 0 saturated heterocycles. The minimum atomic E-state index is -0.500. The molecular weight excluding hydrogens is 281 g/mol. The number of ether oxygens (including phenoxy) is 1. The molecule has 0 spiro atoms. The number of hydrogen-bond donors (Lipinski definition) is 0. The largest absolute Gasteiger partial charge is 0.458 e. The zero-order valence-electron chi connectivity index (χ0n) is 12.8.